The Kier molecular flexibility index (Phi) is 5.20. The van der Waals surface area contributed by atoms with Crippen molar-refractivity contribution in [2.45, 2.75) is 37.1 Å². The summed E-state index contributed by atoms with van der Waals surface area (Å²) in [4.78, 5) is 6.90. The summed E-state index contributed by atoms with van der Waals surface area (Å²) < 4.78 is 5.22. The van der Waals surface area contributed by atoms with E-state index in [0.717, 1.165) is 18.6 Å². The van der Waals surface area contributed by atoms with Gasteiger partial charge in [-0.1, -0.05) is 5.16 Å². The fraction of sp³-hybridized carbons (Fsp3) is 0.538. The SMILES string of the molecule is Cl.OC[C@@H](O)[C@@H](O)[C@H](O)c1cnc(-c2cc(C3CC3)on2)[nH]1. The molecule has 1 aliphatic rings. The summed E-state index contributed by atoms with van der Waals surface area (Å²) >= 11 is 0. The summed E-state index contributed by atoms with van der Waals surface area (Å²) in [6, 6.07) is 1.80. The van der Waals surface area contributed by atoms with E-state index in [-0.39, 0.29) is 18.1 Å². The number of aromatic nitrogens is 3. The lowest BCUT2D eigenvalue weighted by Gasteiger charge is -2.20. The number of aliphatic hydroxyl groups excluding tert-OH is 4. The quantitative estimate of drug-likeness (QED) is 0.507. The average Bonchev–Trinajstić information content (AvgIpc) is 3.05. The first-order chi connectivity index (χ1) is 10.1. The van der Waals surface area contributed by atoms with Crippen molar-refractivity contribution >= 4 is 12.4 Å². The van der Waals surface area contributed by atoms with Crippen LogP contribution in [0, 0.1) is 0 Å². The zero-order valence-corrected chi connectivity index (χ0v) is 12.4. The van der Waals surface area contributed by atoms with Crippen LogP contribution in [0.25, 0.3) is 11.5 Å². The number of rotatable bonds is 6. The molecule has 22 heavy (non-hydrogen) atoms. The molecule has 1 saturated carbocycles. The van der Waals surface area contributed by atoms with E-state index < -0.39 is 24.9 Å². The van der Waals surface area contributed by atoms with Gasteiger partial charge in [-0.3, -0.25) is 0 Å². The molecular formula is C13H18ClN3O5. The van der Waals surface area contributed by atoms with Gasteiger partial charge in [0.15, 0.2) is 5.82 Å². The van der Waals surface area contributed by atoms with Gasteiger partial charge in [0.2, 0.25) is 0 Å². The van der Waals surface area contributed by atoms with E-state index in [1.54, 1.807) is 6.07 Å². The number of hydrogen-bond acceptors (Lipinski definition) is 7. The number of aromatic amines is 1. The molecule has 3 atom stereocenters. The van der Waals surface area contributed by atoms with Crippen LogP contribution in [0.15, 0.2) is 16.8 Å². The fourth-order valence-electron chi connectivity index (χ4n) is 2.08. The van der Waals surface area contributed by atoms with Crippen LogP contribution in [0.3, 0.4) is 0 Å². The summed E-state index contributed by atoms with van der Waals surface area (Å²) in [5.41, 5.74) is 0.744. The van der Waals surface area contributed by atoms with Crippen molar-refractivity contribution < 1.29 is 24.9 Å². The highest BCUT2D eigenvalue weighted by Gasteiger charge is 2.29. The molecule has 0 spiro atoms. The lowest BCUT2D eigenvalue weighted by atomic mass is 10.1. The van der Waals surface area contributed by atoms with Crippen LogP contribution in [0.5, 0.6) is 0 Å². The normalized spacial score (nSPS) is 18.5. The number of H-pyrrole nitrogens is 1. The number of nitrogens with zero attached hydrogens (tertiary/aromatic N) is 2. The van der Waals surface area contributed by atoms with E-state index in [0.29, 0.717) is 17.4 Å². The van der Waals surface area contributed by atoms with Gasteiger partial charge in [0.25, 0.3) is 0 Å². The van der Waals surface area contributed by atoms with Gasteiger partial charge in [0.05, 0.1) is 18.5 Å². The molecule has 5 N–H and O–H groups in total. The number of aliphatic hydroxyl groups is 4. The van der Waals surface area contributed by atoms with Gasteiger partial charge in [0.1, 0.15) is 29.8 Å². The minimum atomic E-state index is -1.51. The van der Waals surface area contributed by atoms with Crippen molar-refractivity contribution in [2.24, 2.45) is 0 Å². The predicted octanol–water partition coefficient (Wildman–Crippen LogP) is 0.111. The zero-order chi connectivity index (χ0) is 15.0. The molecule has 0 amide bonds. The predicted molar refractivity (Wildman–Crippen MR) is 77.4 cm³/mol. The van der Waals surface area contributed by atoms with Crippen LogP contribution in [-0.4, -0.2) is 54.4 Å². The lowest BCUT2D eigenvalue weighted by molar-refractivity contribution is -0.0788. The van der Waals surface area contributed by atoms with Crippen LogP contribution in [0.2, 0.25) is 0 Å². The second kappa shape index (κ2) is 6.76. The van der Waals surface area contributed by atoms with E-state index in [2.05, 4.69) is 15.1 Å². The van der Waals surface area contributed by atoms with E-state index in [4.69, 9.17) is 9.63 Å². The topological polar surface area (TPSA) is 136 Å². The molecule has 0 radical (unpaired) electrons. The third-order valence-corrected chi connectivity index (χ3v) is 3.57. The monoisotopic (exact) mass is 331 g/mol. The molecule has 1 aliphatic carbocycles. The minimum absolute atomic E-state index is 0. The Morgan fingerprint density at radius 2 is 2.05 bits per heavy atom. The first-order valence-electron chi connectivity index (χ1n) is 6.77. The van der Waals surface area contributed by atoms with Crippen LogP contribution in [0.4, 0.5) is 0 Å². The Morgan fingerprint density at radius 3 is 2.68 bits per heavy atom. The molecule has 0 bridgehead atoms. The highest BCUT2D eigenvalue weighted by molar-refractivity contribution is 5.85. The molecule has 0 saturated heterocycles. The van der Waals surface area contributed by atoms with Crippen molar-refractivity contribution in [1.29, 1.82) is 0 Å². The second-order valence-electron chi connectivity index (χ2n) is 5.26. The van der Waals surface area contributed by atoms with Gasteiger partial charge >= 0.3 is 0 Å². The summed E-state index contributed by atoms with van der Waals surface area (Å²) in [5.74, 6) is 1.66. The maximum atomic E-state index is 9.92. The summed E-state index contributed by atoms with van der Waals surface area (Å²) in [6.07, 6.45) is -0.783. The molecule has 3 rings (SSSR count). The van der Waals surface area contributed by atoms with Gasteiger partial charge in [-0.15, -0.1) is 12.4 Å². The van der Waals surface area contributed by atoms with Gasteiger partial charge in [-0.2, -0.15) is 0 Å². The molecule has 9 heteroatoms. The Balaban J connectivity index is 0.00000176. The Morgan fingerprint density at radius 1 is 1.32 bits per heavy atom. The number of nitrogens with one attached hydrogen (secondary N) is 1. The van der Waals surface area contributed by atoms with E-state index in [1.807, 2.05) is 0 Å². The van der Waals surface area contributed by atoms with E-state index in [1.165, 1.54) is 6.20 Å². The average molecular weight is 332 g/mol. The van der Waals surface area contributed by atoms with E-state index >= 15 is 0 Å². The Hall–Kier alpha value is -1.45. The summed E-state index contributed by atoms with van der Waals surface area (Å²) in [7, 11) is 0. The highest BCUT2D eigenvalue weighted by atomic mass is 35.5. The van der Waals surface area contributed by atoms with Crippen LogP contribution < -0.4 is 0 Å². The fourth-order valence-corrected chi connectivity index (χ4v) is 2.08. The van der Waals surface area contributed by atoms with Gasteiger partial charge in [0, 0.05) is 12.0 Å². The maximum absolute atomic E-state index is 9.92. The first-order valence-corrected chi connectivity index (χ1v) is 6.77. The number of halogens is 1. The van der Waals surface area contributed by atoms with Crippen molar-refractivity contribution in [3.63, 3.8) is 0 Å². The molecule has 122 valence electrons. The van der Waals surface area contributed by atoms with Crippen molar-refractivity contribution in [3.8, 4) is 11.5 Å². The second-order valence-corrected chi connectivity index (χ2v) is 5.26. The maximum Gasteiger partial charge on any atom is 0.159 e. The van der Waals surface area contributed by atoms with Crippen LogP contribution in [0.1, 0.15) is 36.3 Å². The molecule has 2 aromatic heterocycles. The lowest BCUT2D eigenvalue weighted by Crippen LogP contribution is -2.34. The molecular weight excluding hydrogens is 314 g/mol. The number of imidazole rings is 1. The smallest absolute Gasteiger partial charge is 0.159 e. The molecule has 0 aromatic carbocycles. The van der Waals surface area contributed by atoms with Crippen LogP contribution >= 0.6 is 12.4 Å². The zero-order valence-electron chi connectivity index (χ0n) is 11.6. The molecule has 2 heterocycles. The Bertz CT molecular complexity index is 612. The standard InChI is InChI=1S/C13H17N3O5.ClH/c17-5-9(18)12(20)11(19)8-4-14-13(15-8)7-3-10(21-16-7)6-1-2-6;/h3-4,6,9,11-12,17-20H,1-2,5H2,(H,14,15);1H/t9-,11-,12-;/m1./s1. The van der Waals surface area contributed by atoms with Crippen LogP contribution in [-0.2, 0) is 0 Å². The van der Waals surface area contributed by atoms with E-state index in [9.17, 15) is 15.3 Å². The minimum Gasteiger partial charge on any atom is -0.394 e. The molecule has 8 nitrogen and oxygen atoms in total. The largest absolute Gasteiger partial charge is 0.394 e. The molecule has 0 unspecified atom stereocenters. The molecule has 1 fully saturated rings. The Labute approximate surface area is 132 Å². The molecule has 2 aromatic rings. The third kappa shape index (κ3) is 3.31. The summed E-state index contributed by atoms with van der Waals surface area (Å²) in [6.45, 7) is -0.646. The van der Waals surface area contributed by atoms with Crippen molar-refractivity contribution in [1.82, 2.24) is 15.1 Å². The van der Waals surface area contributed by atoms with Crippen molar-refractivity contribution in [3.05, 3.63) is 23.7 Å². The third-order valence-electron chi connectivity index (χ3n) is 3.57. The summed E-state index contributed by atoms with van der Waals surface area (Å²) in [5, 5.41) is 41.6. The number of hydrogen-bond donors (Lipinski definition) is 5. The highest BCUT2D eigenvalue weighted by Crippen LogP contribution is 2.41. The van der Waals surface area contributed by atoms with Crippen molar-refractivity contribution in [2.75, 3.05) is 6.61 Å². The van der Waals surface area contributed by atoms with Gasteiger partial charge < -0.3 is 29.9 Å². The molecule has 0 aliphatic heterocycles. The first kappa shape index (κ1) is 16.9. The van der Waals surface area contributed by atoms with Gasteiger partial charge in [-0.05, 0) is 12.8 Å². The van der Waals surface area contributed by atoms with Gasteiger partial charge in [-0.25, -0.2) is 4.98 Å².